The maximum atomic E-state index is 5.96. The van der Waals surface area contributed by atoms with Gasteiger partial charge in [-0.1, -0.05) is 0 Å². The van der Waals surface area contributed by atoms with Crippen molar-refractivity contribution in [3.63, 3.8) is 0 Å². The van der Waals surface area contributed by atoms with Gasteiger partial charge < -0.3 is 14.9 Å². The van der Waals surface area contributed by atoms with Gasteiger partial charge in [0.25, 0.3) is 0 Å². The Kier molecular flexibility index (Phi) is 3.91. The fraction of sp³-hybridized carbons (Fsp3) is 0.133. The van der Waals surface area contributed by atoms with Gasteiger partial charge in [-0.25, -0.2) is 4.98 Å². The number of anilines is 1. The Bertz CT molecular complexity index is 798. The molecule has 3 aromatic rings. The summed E-state index contributed by atoms with van der Waals surface area (Å²) in [4.78, 5) is 4.50. The number of rotatable bonds is 3. The third-order valence-electron chi connectivity index (χ3n) is 3.03. The van der Waals surface area contributed by atoms with Crippen LogP contribution in [0.3, 0.4) is 0 Å². The zero-order valence-corrected chi connectivity index (χ0v) is 14.4. The molecule has 3 rings (SSSR count). The van der Waals surface area contributed by atoms with Crippen LogP contribution in [-0.2, 0) is 0 Å². The second-order valence-corrected chi connectivity index (χ2v) is 6.06. The highest BCUT2D eigenvalue weighted by atomic mass is 79.9. The number of nitrogen functional groups attached to an aromatic ring is 1. The van der Waals surface area contributed by atoms with E-state index in [4.69, 9.17) is 14.9 Å². The summed E-state index contributed by atoms with van der Waals surface area (Å²) in [6, 6.07) is 9.45. The van der Waals surface area contributed by atoms with E-state index in [0.717, 1.165) is 20.3 Å². The van der Waals surface area contributed by atoms with E-state index in [0.29, 0.717) is 29.3 Å². The SMILES string of the molecule is CCOc1ccc(-c2nc3c(Br)c(N)c(Br)cc3o2)cc1. The van der Waals surface area contributed by atoms with Crippen molar-refractivity contribution in [1.29, 1.82) is 0 Å². The molecule has 0 saturated heterocycles. The average Bonchev–Trinajstić information content (AvgIpc) is 2.90. The number of fused-ring (bicyclic) bond motifs is 1. The molecule has 0 radical (unpaired) electrons. The first-order chi connectivity index (χ1) is 10.1. The van der Waals surface area contributed by atoms with Crippen molar-refractivity contribution < 1.29 is 9.15 Å². The first-order valence-corrected chi connectivity index (χ1v) is 7.96. The van der Waals surface area contributed by atoms with E-state index in [1.165, 1.54) is 0 Å². The summed E-state index contributed by atoms with van der Waals surface area (Å²) in [6.45, 7) is 2.59. The molecule has 0 aliphatic carbocycles. The number of aromatic nitrogens is 1. The molecule has 0 aliphatic heterocycles. The minimum atomic E-state index is 0.547. The van der Waals surface area contributed by atoms with Gasteiger partial charge >= 0.3 is 0 Å². The molecular formula is C15H12Br2N2O2. The van der Waals surface area contributed by atoms with Gasteiger partial charge in [0.1, 0.15) is 11.3 Å². The monoisotopic (exact) mass is 410 g/mol. The first kappa shape index (κ1) is 14.4. The number of nitrogens with zero attached hydrogens (tertiary/aromatic N) is 1. The van der Waals surface area contributed by atoms with Crippen LogP contribution in [0.1, 0.15) is 6.92 Å². The van der Waals surface area contributed by atoms with Crippen LogP contribution in [0.25, 0.3) is 22.6 Å². The summed E-state index contributed by atoms with van der Waals surface area (Å²) in [5, 5.41) is 0. The van der Waals surface area contributed by atoms with Gasteiger partial charge in [-0.05, 0) is 69.1 Å². The zero-order valence-electron chi connectivity index (χ0n) is 11.2. The molecule has 1 heterocycles. The summed E-state index contributed by atoms with van der Waals surface area (Å²) in [5.74, 6) is 1.37. The quantitative estimate of drug-likeness (QED) is 0.616. The van der Waals surface area contributed by atoms with Crippen LogP contribution in [-0.4, -0.2) is 11.6 Å². The van der Waals surface area contributed by atoms with Crippen LogP contribution in [0, 0.1) is 0 Å². The lowest BCUT2D eigenvalue weighted by molar-refractivity contribution is 0.340. The summed E-state index contributed by atoms with van der Waals surface area (Å²) in [5.41, 5.74) is 8.83. The van der Waals surface area contributed by atoms with Crippen LogP contribution in [0.15, 0.2) is 43.7 Å². The molecule has 21 heavy (non-hydrogen) atoms. The number of hydrogen-bond donors (Lipinski definition) is 1. The molecule has 108 valence electrons. The lowest BCUT2D eigenvalue weighted by Crippen LogP contribution is -1.90. The molecular weight excluding hydrogens is 400 g/mol. The van der Waals surface area contributed by atoms with Crippen LogP contribution < -0.4 is 10.5 Å². The lowest BCUT2D eigenvalue weighted by Gasteiger charge is -2.02. The summed E-state index contributed by atoms with van der Waals surface area (Å²) in [7, 11) is 0. The molecule has 0 saturated carbocycles. The Morgan fingerprint density at radius 1 is 1.24 bits per heavy atom. The smallest absolute Gasteiger partial charge is 0.227 e. The lowest BCUT2D eigenvalue weighted by atomic mass is 10.2. The molecule has 0 aliphatic rings. The first-order valence-electron chi connectivity index (χ1n) is 6.37. The maximum absolute atomic E-state index is 5.96. The van der Waals surface area contributed by atoms with Crippen molar-refractivity contribution in [2.75, 3.05) is 12.3 Å². The van der Waals surface area contributed by atoms with Crippen molar-refractivity contribution >= 4 is 48.6 Å². The van der Waals surface area contributed by atoms with Crippen molar-refractivity contribution in [1.82, 2.24) is 4.98 Å². The molecule has 6 heteroatoms. The average molecular weight is 412 g/mol. The van der Waals surface area contributed by atoms with Gasteiger partial charge in [0.2, 0.25) is 5.89 Å². The highest BCUT2D eigenvalue weighted by Crippen LogP contribution is 2.37. The van der Waals surface area contributed by atoms with Crippen molar-refractivity contribution in [3.05, 3.63) is 39.3 Å². The number of nitrogens with two attached hydrogens (primary N) is 1. The molecule has 0 unspecified atom stereocenters. The van der Waals surface area contributed by atoms with Gasteiger partial charge in [-0.15, -0.1) is 0 Å². The second-order valence-electron chi connectivity index (χ2n) is 4.41. The summed E-state index contributed by atoms with van der Waals surface area (Å²) < 4.78 is 12.7. The molecule has 0 fully saturated rings. The van der Waals surface area contributed by atoms with Gasteiger partial charge in [0.15, 0.2) is 5.58 Å². The van der Waals surface area contributed by atoms with E-state index in [9.17, 15) is 0 Å². The standard InChI is InChI=1S/C15H12Br2N2O2/c1-2-20-9-5-3-8(4-6-9)15-19-14-11(21-15)7-10(16)13(18)12(14)17/h3-7H,2,18H2,1H3. The Hall–Kier alpha value is -1.53. The fourth-order valence-corrected chi connectivity index (χ4v) is 3.17. The second kappa shape index (κ2) is 5.69. The van der Waals surface area contributed by atoms with Crippen LogP contribution in [0.5, 0.6) is 5.75 Å². The number of benzene rings is 2. The van der Waals surface area contributed by atoms with Crippen molar-refractivity contribution in [2.45, 2.75) is 6.92 Å². The van der Waals surface area contributed by atoms with Crippen LogP contribution in [0.4, 0.5) is 5.69 Å². The van der Waals surface area contributed by atoms with E-state index in [1.807, 2.05) is 37.3 Å². The van der Waals surface area contributed by atoms with Gasteiger partial charge in [-0.2, -0.15) is 0 Å². The Morgan fingerprint density at radius 3 is 2.62 bits per heavy atom. The van der Waals surface area contributed by atoms with Gasteiger partial charge in [-0.3, -0.25) is 0 Å². The number of ether oxygens (including phenoxy) is 1. The molecule has 0 bridgehead atoms. The van der Waals surface area contributed by atoms with Crippen molar-refractivity contribution in [3.8, 4) is 17.2 Å². The minimum absolute atomic E-state index is 0.547. The predicted octanol–water partition coefficient (Wildman–Crippen LogP) is 5.00. The largest absolute Gasteiger partial charge is 0.494 e. The minimum Gasteiger partial charge on any atom is -0.494 e. The third kappa shape index (κ3) is 2.65. The van der Waals surface area contributed by atoms with E-state index in [-0.39, 0.29) is 0 Å². The normalized spacial score (nSPS) is 11.0. The number of hydrogen-bond acceptors (Lipinski definition) is 4. The highest BCUT2D eigenvalue weighted by molar-refractivity contribution is 9.11. The Morgan fingerprint density at radius 2 is 1.95 bits per heavy atom. The van der Waals surface area contributed by atoms with E-state index in [2.05, 4.69) is 36.8 Å². The molecule has 0 atom stereocenters. The fourth-order valence-electron chi connectivity index (χ4n) is 2.00. The summed E-state index contributed by atoms with van der Waals surface area (Å²) >= 11 is 6.85. The number of oxazole rings is 1. The maximum Gasteiger partial charge on any atom is 0.227 e. The molecule has 1 aromatic heterocycles. The van der Waals surface area contributed by atoms with E-state index in [1.54, 1.807) is 0 Å². The van der Waals surface area contributed by atoms with Crippen LogP contribution in [0.2, 0.25) is 0 Å². The molecule has 0 amide bonds. The van der Waals surface area contributed by atoms with Crippen LogP contribution >= 0.6 is 31.9 Å². The Balaban J connectivity index is 2.06. The topological polar surface area (TPSA) is 61.3 Å². The molecule has 2 aromatic carbocycles. The van der Waals surface area contributed by atoms with Gasteiger partial charge in [0, 0.05) is 10.0 Å². The highest BCUT2D eigenvalue weighted by Gasteiger charge is 2.15. The van der Waals surface area contributed by atoms with Crippen molar-refractivity contribution in [2.24, 2.45) is 0 Å². The van der Waals surface area contributed by atoms with E-state index >= 15 is 0 Å². The number of halogens is 2. The predicted molar refractivity (Wildman–Crippen MR) is 90.4 cm³/mol. The third-order valence-corrected chi connectivity index (χ3v) is 4.48. The molecule has 0 spiro atoms. The Labute approximate surface area is 138 Å². The van der Waals surface area contributed by atoms with E-state index < -0.39 is 0 Å². The molecule has 4 nitrogen and oxygen atoms in total. The zero-order chi connectivity index (χ0) is 15.0. The molecule has 2 N–H and O–H groups in total. The van der Waals surface area contributed by atoms with Gasteiger partial charge in [0.05, 0.1) is 16.8 Å². The summed E-state index contributed by atoms with van der Waals surface area (Å²) in [6.07, 6.45) is 0.